The minimum Gasteiger partial charge on any atom is -0.309 e. The molecule has 0 radical (unpaired) electrons. The van der Waals surface area contributed by atoms with Crippen LogP contribution in [-0.4, -0.2) is 24.1 Å². The van der Waals surface area contributed by atoms with Crippen LogP contribution in [-0.2, 0) is 0 Å². The highest BCUT2D eigenvalue weighted by Crippen LogP contribution is 2.46. The highest BCUT2D eigenvalue weighted by atomic mass is 15.0. The second-order valence-electron chi connectivity index (χ2n) is 14.0. The molecule has 0 saturated carbocycles. The summed E-state index contributed by atoms with van der Waals surface area (Å²) in [4.78, 5) is 15.9. The Morgan fingerprint density at radius 3 is 1.27 bits per heavy atom. The quantitative estimate of drug-likeness (QED) is 0.172. The first kappa shape index (κ1) is 31.9. The van der Waals surface area contributed by atoms with Crippen molar-refractivity contribution in [2.75, 3.05) is 0 Å². The van der Waals surface area contributed by atoms with Crippen LogP contribution in [0.1, 0.15) is 0 Å². The van der Waals surface area contributed by atoms with Crippen molar-refractivity contribution in [3.05, 3.63) is 200 Å². The van der Waals surface area contributed by atoms with Gasteiger partial charge in [0.25, 0.3) is 0 Å². The van der Waals surface area contributed by atoms with Gasteiger partial charge in [-0.3, -0.25) is 0 Å². The Balaban J connectivity index is 1.31. The molecule has 0 fully saturated rings. The molecule has 0 aliphatic rings. The summed E-state index contributed by atoms with van der Waals surface area (Å²) in [6, 6.07) is 70.2. The number of nitrogens with zero attached hydrogens (tertiary/aromatic N) is 5. The molecule has 0 spiro atoms. The lowest BCUT2D eigenvalue weighted by atomic mass is 9.91. The van der Waals surface area contributed by atoms with Crippen LogP contribution in [0.25, 0.3) is 100 Å². The van der Waals surface area contributed by atoms with Gasteiger partial charge in [-0.1, -0.05) is 152 Å². The number of hydrogen-bond acceptors (Lipinski definition) is 3. The summed E-state index contributed by atoms with van der Waals surface area (Å²) in [7, 11) is 0. The van der Waals surface area contributed by atoms with Gasteiger partial charge in [0.1, 0.15) is 0 Å². The molecule has 5 heteroatoms. The third-order valence-corrected chi connectivity index (χ3v) is 10.8. The number of aromatic nitrogens is 5. The van der Waals surface area contributed by atoms with Crippen LogP contribution >= 0.6 is 0 Å². The normalized spacial score (nSPS) is 11.6. The summed E-state index contributed by atoms with van der Waals surface area (Å²) in [5.74, 6) is 1.88. The minimum atomic E-state index is 0.623. The van der Waals surface area contributed by atoms with E-state index in [1.807, 2.05) is 36.4 Å². The first-order valence-corrected chi connectivity index (χ1v) is 18.9. The van der Waals surface area contributed by atoms with Crippen molar-refractivity contribution in [3.8, 4) is 56.7 Å². The molecule has 0 N–H and O–H groups in total. The van der Waals surface area contributed by atoms with Crippen molar-refractivity contribution < 1.29 is 0 Å². The van der Waals surface area contributed by atoms with Crippen molar-refractivity contribution in [3.63, 3.8) is 0 Å². The van der Waals surface area contributed by atoms with Gasteiger partial charge < -0.3 is 9.13 Å². The Kier molecular flexibility index (Phi) is 7.42. The average molecular weight is 716 g/mol. The van der Waals surface area contributed by atoms with E-state index in [2.05, 4.69) is 173 Å². The molecule has 3 heterocycles. The molecule has 0 aliphatic carbocycles. The van der Waals surface area contributed by atoms with Crippen LogP contribution in [0.15, 0.2) is 200 Å². The lowest BCUT2D eigenvalue weighted by molar-refractivity contribution is 1.08. The summed E-state index contributed by atoms with van der Waals surface area (Å²) in [5, 5.41) is 4.59. The Labute approximate surface area is 323 Å². The number of fused-ring (bicyclic) bond motifs is 6. The predicted octanol–water partition coefficient (Wildman–Crippen LogP) is 12.7. The third-order valence-electron chi connectivity index (χ3n) is 10.8. The van der Waals surface area contributed by atoms with Crippen molar-refractivity contribution in [2.45, 2.75) is 0 Å². The summed E-state index contributed by atoms with van der Waals surface area (Å²) in [6.07, 6.45) is 0. The van der Waals surface area contributed by atoms with Crippen LogP contribution < -0.4 is 0 Å². The van der Waals surface area contributed by atoms with Gasteiger partial charge in [-0.25, -0.2) is 15.0 Å². The van der Waals surface area contributed by atoms with Crippen LogP contribution in [0.5, 0.6) is 0 Å². The molecule has 56 heavy (non-hydrogen) atoms. The van der Waals surface area contributed by atoms with E-state index < -0.39 is 0 Å². The molecule has 11 aromatic rings. The number of para-hydroxylation sites is 4. The van der Waals surface area contributed by atoms with Gasteiger partial charge >= 0.3 is 0 Å². The van der Waals surface area contributed by atoms with Crippen LogP contribution in [0.4, 0.5) is 0 Å². The predicted molar refractivity (Wildman–Crippen MR) is 230 cm³/mol. The minimum absolute atomic E-state index is 0.623. The monoisotopic (exact) mass is 715 g/mol. The summed E-state index contributed by atoms with van der Waals surface area (Å²) in [6.45, 7) is 0. The van der Waals surface area contributed by atoms with Gasteiger partial charge in [0.05, 0.1) is 22.1 Å². The molecule has 8 aromatic carbocycles. The smallest absolute Gasteiger partial charge is 0.165 e. The van der Waals surface area contributed by atoms with E-state index >= 15 is 0 Å². The van der Waals surface area contributed by atoms with E-state index in [1.165, 1.54) is 10.8 Å². The zero-order valence-corrected chi connectivity index (χ0v) is 30.3. The topological polar surface area (TPSA) is 48.5 Å². The SMILES string of the molecule is c1ccc(-c2nc(-c3ccccc3)nc(-c3c(-c4cccc5c4c4ccccc4n5-c4ccccc4)ccc4c3c3ccccc3n4-c3ccccc3)n2)cc1. The van der Waals surface area contributed by atoms with Gasteiger partial charge in [-0.15, -0.1) is 0 Å². The fourth-order valence-electron chi connectivity index (χ4n) is 8.39. The molecule has 0 atom stereocenters. The standard InChI is InChI=1S/C51H33N5/c1-5-18-34(19-6-1)49-52-50(35-20-7-2-8-21-35)54-51(53-49)48-39(32-33-45-47(48)41-27-14-16-30-43(41)56(45)37-24-11-4-12-25-37)38-28-17-31-44-46(38)40-26-13-15-29-42(40)55(44)36-22-9-3-10-23-36/h1-33H. The lowest BCUT2D eigenvalue weighted by Crippen LogP contribution is -2.02. The van der Waals surface area contributed by atoms with Crippen molar-refractivity contribution >= 4 is 43.6 Å². The molecule has 0 aliphatic heterocycles. The number of hydrogen-bond donors (Lipinski definition) is 0. The third kappa shape index (κ3) is 5.06. The molecule has 0 bridgehead atoms. The van der Waals surface area contributed by atoms with Gasteiger partial charge in [0.15, 0.2) is 17.5 Å². The molecule has 0 amide bonds. The molecule has 0 unspecified atom stereocenters. The van der Waals surface area contributed by atoms with Crippen molar-refractivity contribution in [2.24, 2.45) is 0 Å². The van der Waals surface area contributed by atoms with E-state index in [1.54, 1.807) is 0 Å². The highest BCUT2D eigenvalue weighted by Gasteiger charge is 2.25. The van der Waals surface area contributed by atoms with E-state index in [0.717, 1.165) is 72.0 Å². The first-order chi connectivity index (χ1) is 27.8. The average Bonchev–Trinajstić information content (AvgIpc) is 3.80. The summed E-state index contributed by atoms with van der Waals surface area (Å²) in [5.41, 5.74) is 11.7. The molecular weight excluding hydrogens is 683 g/mol. The van der Waals surface area contributed by atoms with Crippen LogP contribution in [0, 0.1) is 0 Å². The Morgan fingerprint density at radius 2 is 0.714 bits per heavy atom. The zero-order valence-electron chi connectivity index (χ0n) is 30.3. The van der Waals surface area contributed by atoms with E-state index in [-0.39, 0.29) is 0 Å². The Morgan fingerprint density at radius 1 is 0.286 bits per heavy atom. The maximum Gasteiger partial charge on any atom is 0.165 e. The Bertz CT molecular complexity index is 3160. The molecule has 262 valence electrons. The van der Waals surface area contributed by atoms with E-state index in [9.17, 15) is 0 Å². The van der Waals surface area contributed by atoms with Gasteiger partial charge in [0, 0.05) is 49.6 Å². The largest absolute Gasteiger partial charge is 0.309 e. The maximum absolute atomic E-state index is 5.38. The fourth-order valence-corrected chi connectivity index (χ4v) is 8.39. The molecule has 0 saturated heterocycles. The van der Waals surface area contributed by atoms with Crippen LogP contribution in [0.2, 0.25) is 0 Å². The second kappa shape index (κ2) is 13.0. The number of benzene rings is 8. The number of rotatable bonds is 6. The summed E-state index contributed by atoms with van der Waals surface area (Å²) < 4.78 is 4.73. The van der Waals surface area contributed by atoms with Gasteiger partial charge in [0.2, 0.25) is 0 Å². The zero-order chi connectivity index (χ0) is 37.0. The van der Waals surface area contributed by atoms with Gasteiger partial charge in [-0.05, 0) is 59.7 Å². The molecular formula is C51H33N5. The van der Waals surface area contributed by atoms with E-state index in [0.29, 0.717) is 17.5 Å². The van der Waals surface area contributed by atoms with Crippen molar-refractivity contribution in [1.29, 1.82) is 0 Å². The highest BCUT2D eigenvalue weighted by molar-refractivity contribution is 6.22. The molecule has 5 nitrogen and oxygen atoms in total. The first-order valence-electron chi connectivity index (χ1n) is 18.9. The van der Waals surface area contributed by atoms with E-state index in [4.69, 9.17) is 15.0 Å². The second-order valence-corrected chi connectivity index (χ2v) is 14.0. The summed E-state index contributed by atoms with van der Waals surface area (Å²) >= 11 is 0. The molecule has 3 aromatic heterocycles. The lowest BCUT2D eigenvalue weighted by Gasteiger charge is -2.16. The van der Waals surface area contributed by atoms with Gasteiger partial charge in [-0.2, -0.15) is 0 Å². The fraction of sp³-hybridized carbons (Fsp3) is 0. The Hall–Kier alpha value is -7.63. The molecule has 11 rings (SSSR count). The van der Waals surface area contributed by atoms with Crippen LogP contribution in [0.3, 0.4) is 0 Å². The maximum atomic E-state index is 5.38. The van der Waals surface area contributed by atoms with Crippen molar-refractivity contribution in [1.82, 2.24) is 24.1 Å².